The number of nitrogens with two attached hydrogens (primary N) is 1. The number of quaternary nitrogens is 2. The second-order valence-corrected chi connectivity index (χ2v) is 6.40. The number of hydrogen-bond acceptors (Lipinski definition) is 3. The average molecular weight is 341 g/mol. The Morgan fingerprint density at radius 1 is 1.08 bits per heavy atom. The molecule has 2 aromatic rings. The van der Waals surface area contributed by atoms with Crippen LogP contribution in [-0.4, -0.2) is 45.0 Å². The summed E-state index contributed by atoms with van der Waals surface area (Å²) in [6.45, 7) is 1.74. The van der Waals surface area contributed by atoms with Gasteiger partial charge >= 0.3 is 0 Å². The van der Waals surface area contributed by atoms with Gasteiger partial charge in [0.2, 0.25) is 0 Å². The Hall–Kier alpha value is -2.39. The molecule has 25 heavy (non-hydrogen) atoms. The van der Waals surface area contributed by atoms with Crippen LogP contribution in [0.25, 0.3) is 0 Å². The lowest BCUT2D eigenvalue weighted by Gasteiger charge is -2.21. The molecule has 0 unspecified atom stereocenters. The van der Waals surface area contributed by atoms with Gasteiger partial charge in [-0.15, -0.1) is 0 Å². The zero-order valence-corrected chi connectivity index (χ0v) is 14.9. The van der Waals surface area contributed by atoms with E-state index in [0.29, 0.717) is 23.9 Å². The molecule has 0 bridgehead atoms. The first-order valence-corrected chi connectivity index (χ1v) is 8.58. The lowest BCUT2D eigenvalue weighted by molar-refractivity contribution is -0.909. The van der Waals surface area contributed by atoms with Gasteiger partial charge < -0.3 is 20.1 Å². The van der Waals surface area contributed by atoms with E-state index >= 15 is 0 Å². The largest absolute Gasteiger partial charge is 0.491 e. The molecular formula is C20H27N3O2+2. The van der Waals surface area contributed by atoms with Gasteiger partial charge in [0.1, 0.15) is 31.5 Å². The Balaban J connectivity index is 1.75. The van der Waals surface area contributed by atoms with Crippen molar-refractivity contribution < 1.29 is 20.1 Å². The van der Waals surface area contributed by atoms with Gasteiger partial charge in [-0.1, -0.05) is 30.3 Å². The van der Waals surface area contributed by atoms with Crippen molar-refractivity contribution in [1.29, 1.82) is 5.26 Å². The van der Waals surface area contributed by atoms with Crippen molar-refractivity contribution in [3.05, 3.63) is 65.7 Å². The fourth-order valence-electron chi connectivity index (χ4n) is 2.73. The minimum Gasteiger partial charge on any atom is -0.491 e. The van der Waals surface area contributed by atoms with Crippen LogP contribution in [0, 0.1) is 11.3 Å². The molecule has 0 aliphatic heterocycles. The van der Waals surface area contributed by atoms with E-state index in [0.717, 1.165) is 6.54 Å². The molecule has 0 aromatic heterocycles. The maximum absolute atomic E-state index is 10.1. The quantitative estimate of drug-likeness (QED) is 0.589. The first-order valence-electron chi connectivity index (χ1n) is 8.58. The summed E-state index contributed by atoms with van der Waals surface area (Å²) in [6, 6.07) is 19.8. The zero-order chi connectivity index (χ0) is 18.1. The molecule has 0 aliphatic carbocycles. The molecule has 0 amide bonds. The number of nitrogens with zero attached hydrogens (tertiary/aromatic N) is 1. The van der Waals surface area contributed by atoms with Gasteiger partial charge in [0.15, 0.2) is 6.04 Å². The molecule has 0 aliphatic rings. The first-order chi connectivity index (χ1) is 12.1. The van der Waals surface area contributed by atoms with Crippen molar-refractivity contribution in [2.45, 2.75) is 12.1 Å². The average Bonchev–Trinajstić information content (AvgIpc) is 2.64. The van der Waals surface area contributed by atoms with Crippen LogP contribution >= 0.6 is 0 Å². The molecule has 0 saturated carbocycles. The van der Waals surface area contributed by atoms with Crippen LogP contribution in [0.2, 0.25) is 0 Å². The number of nitriles is 1. The van der Waals surface area contributed by atoms with Gasteiger partial charge in [0, 0.05) is 5.56 Å². The standard InChI is InChI=1S/C20H25N3O2/c1-23(2)20(17-6-4-3-5-7-17)14-22-13-18(24)15-25-19-10-8-16(12-21)9-11-19/h3-11,18,20,22,24H,13-15H2,1-2H3/p+2/t18-,20-/m1/s1. The topological polar surface area (TPSA) is 74.3 Å². The highest BCUT2D eigenvalue weighted by Gasteiger charge is 2.20. The van der Waals surface area contributed by atoms with E-state index in [9.17, 15) is 5.11 Å². The van der Waals surface area contributed by atoms with Crippen molar-refractivity contribution in [2.24, 2.45) is 0 Å². The van der Waals surface area contributed by atoms with Crippen LogP contribution in [0.4, 0.5) is 0 Å². The van der Waals surface area contributed by atoms with Gasteiger partial charge in [-0.25, -0.2) is 0 Å². The zero-order valence-electron chi connectivity index (χ0n) is 14.9. The van der Waals surface area contributed by atoms with Gasteiger partial charge in [-0.05, 0) is 24.3 Å². The van der Waals surface area contributed by atoms with E-state index in [1.54, 1.807) is 24.3 Å². The molecule has 4 N–H and O–H groups in total. The fourth-order valence-corrected chi connectivity index (χ4v) is 2.73. The normalized spacial score (nSPS) is 13.2. The number of likely N-dealkylation sites (N-methyl/N-ethyl adjacent to an activating group) is 1. The summed E-state index contributed by atoms with van der Waals surface area (Å²) < 4.78 is 5.57. The van der Waals surface area contributed by atoms with E-state index in [4.69, 9.17) is 10.00 Å². The predicted octanol–water partition coefficient (Wildman–Crippen LogP) is -0.253. The number of aliphatic hydroxyl groups excluding tert-OH is 1. The van der Waals surface area contributed by atoms with Crippen LogP contribution in [-0.2, 0) is 0 Å². The Kier molecular flexibility index (Phi) is 7.42. The van der Waals surface area contributed by atoms with Gasteiger partial charge in [-0.3, -0.25) is 0 Å². The lowest BCUT2D eigenvalue weighted by atomic mass is 10.1. The molecule has 2 aromatic carbocycles. The van der Waals surface area contributed by atoms with Crippen LogP contribution in [0.3, 0.4) is 0 Å². The number of hydrogen-bond donors (Lipinski definition) is 3. The Bertz CT molecular complexity index is 666. The third-order valence-corrected chi connectivity index (χ3v) is 4.17. The molecule has 5 heteroatoms. The Labute approximate surface area is 149 Å². The highest BCUT2D eigenvalue weighted by atomic mass is 16.5. The monoisotopic (exact) mass is 341 g/mol. The minimum absolute atomic E-state index is 0.243. The second kappa shape index (κ2) is 9.80. The molecule has 0 fully saturated rings. The highest BCUT2D eigenvalue weighted by molar-refractivity contribution is 5.34. The summed E-state index contributed by atoms with van der Waals surface area (Å²) in [6.07, 6.45) is -0.538. The van der Waals surface area contributed by atoms with Crippen LogP contribution in [0.15, 0.2) is 54.6 Å². The smallest absolute Gasteiger partial charge is 0.162 e. The number of aliphatic hydroxyl groups is 1. The summed E-state index contributed by atoms with van der Waals surface area (Å²) in [5.74, 6) is 0.665. The molecule has 132 valence electrons. The van der Waals surface area contributed by atoms with E-state index in [1.807, 2.05) is 6.07 Å². The molecule has 0 saturated heterocycles. The highest BCUT2D eigenvalue weighted by Crippen LogP contribution is 2.11. The summed E-state index contributed by atoms with van der Waals surface area (Å²) in [4.78, 5) is 1.37. The second-order valence-electron chi connectivity index (χ2n) is 6.40. The van der Waals surface area contributed by atoms with Crippen LogP contribution in [0.5, 0.6) is 5.75 Å². The maximum atomic E-state index is 10.1. The van der Waals surface area contributed by atoms with Gasteiger partial charge in [0.05, 0.1) is 25.7 Å². The molecule has 0 radical (unpaired) electrons. The summed E-state index contributed by atoms with van der Waals surface area (Å²) in [7, 11) is 4.30. The van der Waals surface area contributed by atoms with E-state index < -0.39 is 6.10 Å². The van der Waals surface area contributed by atoms with Gasteiger partial charge in [-0.2, -0.15) is 5.26 Å². The third-order valence-electron chi connectivity index (χ3n) is 4.17. The molecule has 0 heterocycles. The molecule has 2 atom stereocenters. The van der Waals surface area contributed by atoms with E-state index in [1.165, 1.54) is 10.5 Å². The van der Waals surface area contributed by atoms with Crippen molar-refractivity contribution in [3.8, 4) is 11.8 Å². The third kappa shape index (κ3) is 6.20. The minimum atomic E-state index is -0.538. The summed E-state index contributed by atoms with van der Waals surface area (Å²) >= 11 is 0. The Morgan fingerprint density at radius 2 is 1.76 bits per heavy atom. The van der Waals surface area contributed by atoms with E-state index in [-0.39, 0.29) is 6.61 Å². The van der Waals surface area contributed by atoms with Crippen molar-refractivity contribution in [2.75, 3.05) is 33.8 Å². The fraction of sp³-hybridized carbons (Fsp3) is 0.350. The molecule has 0 spiro atoms. The Morgan fingerprint density at radius 3 is 2.36 bits per heavy atom. The van der Waals surface area contributed by atoms with Crippen molar-refractivity contribution >= 4 is 0 Å². The number of ether oxygens (including phenoxy) is 1. The molecule has 5 nitrogen and oxygen atoms in total. The van der Waals surface area contributed by atoms with Crippen LogP contribution in [0.1, 0.15) is 17.2 Å². The van der Waals surface area contributed by atoms with Crippen LogP contribution < -0.4 is 15.0 Å². The number of benzene rings is 2. The predicted molar refractivity (Wildman–Crippen MR) is 96.3 cm³/mol. The first kappa shape index (κ1) is 18.9. The van der Waals surface area contributed by atoms with Crippen molar-refractivity contribution in [1.82, 2.24) is 0 Å². The summed E-state index contributed by atoms with van der Waals surface area (Å²) in [5.41, 5.74) is 1.90. The van der Waals surface area contributed by atoms with Crippen molar-refractivity contribution in [3.63, 3.8) is 0 Å². The lowest BCUT2D eigenvalue weighted by Crippen LogP contribution is -3.09. The summed E-state index contributed by atoms with van der Waals surface area (Å²) in [5, 5.41) is 21.0. The molecule has 2 rings (SSSR count). The SMILES string of the molecule is C[NH+](C)[C@H](C[NH2+]C[C@@H](O)COc1ccc(C#N)cc1)c1ccccc1. The number of rotatable bonds is 9. The van der Waals surface area contributed by atoms with E-state index in [2.05, 4.69) is 49.7 Å². The van der Waals surface area contributed by atoms with Gasteiger partial charge in [0.25, 0.3) is 0 Å². The maximum Gasteiger partial charge on any atom is 0.162 e. The molecular weight excluding hydrogens is 314 g/mol. The number of nitrogens with one attached hydrogen (secondary N) is 1.